The average Bonchev–Trinajstić information content (AvgIpc) is 3.86. The summed E-state index contributed by atoms with van der Waals surface area (Å²) in [6.45, 7) is 2.16. The number of halogens is 4. The van der Waals surface area contributed by atoms with Gasteiger partial charge in [-0.25, -0.2) is 4.39 Å². The highest BCUT2D eigenvalue weighted by Crippen LogP contribution is 2.44. The predicted molar refractivity (Wildman–Crippen MR) is 180 cm³/mol. The molecule has 2 aliphatic rings. The van der Waals surface area contributed by atoms with Crippen molar-refractivity contribution in [3.63, 3.8) is 0 Å². The number of carbonyl (C=O) groups excluding carboxylic acids is 1. The third kappa shape index (κ3) is 9.17. The molecule has 3 aromatic rings. The van der Waals surface area contributed by atoms with Gasteiger partial charge in [0.05, 0.1) is 18.0 Å². The highest BCUT2D eigenvalue weighted by molar-refractivity contribution is 5.82. The normalized spacial score (nSPS) is 19.4. The van der Waals surface area contributed by atoms with Crippen molar-refractivity contribution >= 4 is 11.9 Å². The minimum Gasteiger partial charge on any atom is -0.481 e. The monoisotopic (exact) mass is 683 g/mol. The number of pyridine rings is 1. The zero-order chi connectivity index (χ0) is 35.5. The molecule has 0 unspecified atom stereocenters. The number of hydrogen-bond acceptors (Lipinski definition) is 4. The molecule has 2 bridgehead atoms. The largest absolute Gasteiger partial charge is 0.481 e. The summed E-state index contributed by atoms with van der Waals surface area (Å²) in [7, 11) is 3.48. The van der Waals surface area contributed by atoms with Crippen LogP contribution in [0.1, 0.15) is 109 Å². The van der Waals surface area contributed by atoms with Crippen LogP contribution in [0.5, 0.6) is 0 Å². The lowest BCUT2D eigenvalue weighted by molar-refractivity contribution is -0.139. The molecule has 49 heavy (non-hydrogen) atoms. The number of carboxylic acid groups (broad SMARTS) is 1. The van der Waals surface area contributed by atoms with Gasteiger partial charge in [-0.3, -0.25) is 14.4 Å². The number of rotatable bonds is 7. The third-order valence-corrected chi connectivity index (χ3v) is 9.65. The quantitative estimate of drug-likeness (QED) is 0.249. The molecule has 1 aromatic heterocycles. The molecule has 1 amide bonds. The Morgan fingerprint density at radius 2 is 1.65 bits per heavy atom. The summed E-state index contributed by atoms with van der Waals surface area (Å²) in [4.78, 5) is 41.5. The van der Waals surface area contributed by atoms with E-state index < -0.39 is 47.7 Å². The number of aliphatic carboxylic acids is 1. The second kappa shape index (κ2) is 15.3. The van der Waals surface area contributed by atoms with Crippen molar-refractivity contribution in [2.45, 2.75) is 102 Å². The zero-order valence-electron chi connectivity index (χ0n) is 28.3. The fourth-order valence-corrected chi connectivity index (χ4v) is 7.01. The van der Waals surface area contributed by atoms with Crippen molar-refractivity contribution < 1.29 is 32.3 Å². The lowest BCUT2D eigenvalue weighted by atomic mass is 9.87. The molecule has 11 heteroatoms. The van der Waals surface area contributed by atoms with Crippen molar-refractivity contribution in [3.8, 4) is 11.1 Å². The summed E-state index contributed by atoms with van der Waals surface area (Å²) < 4.78 is 57.8. The van der Waals surface area contributed by atoms with E-state index in [-0.39, 0.29) is 30.1 Å². The molecule has 5 rings (SSSR count). The van der Waals surface area contributed by atoms with Crippen LogP contribution in [0.25, 0.3) is 11.1 Å². The second-order valence-corrected chi connectivity index (χ2v) is 13.9. The number of fused-ring (bicyclic) bond motifs is 4. The lowest BCUT2D eigenvalue weighted by Gasteiger charge is -2.26. The molecule has 0 radical (unpaired) electrons. The minimum absolute atomic E-state index is 0.0135. The maximum atomic E-state index is 14.7. The summed E-state index contributed by atoms with van der Waals surface area (Å²) in [5, 5.41) is 12.9. The van der Waals surface area contributed by atoms with Crippen molar-refractivity contribution in [2.24, 2.45) is 0 Å². The summed E-state index contributed by atoms with van der Waals surface area (Å²) in [6, 6.07) is 7.35. The van der Waals surface area contributed by atoms with E-state index in [2.05, 4.69) is 11.4 Å². The van der Waals surface area contributed by atoms with Gasteiger partial charge in [0, 0.05) is 18.8 Å². The van der Waals surface area contributed by atoms with E-state index in [0.29, 0.717) is 37.4 Å². The molecule has 1 aliphatic carbocycles. The van der Waals surface area contributed by atoms with Crippen LogP contribution in [0.2, 0.25) is 0 Å². The van der Waals surface area contributed by atoms with Gasteiger partial charge in [0.1, 0.15) is 11.9 Å². The number of amides is 1. The Morgan fingerprint density at radius 3 is 2.33 bits per heavy atom. The predicted octanol–water partition coefficient (Wildman–Crippen LogP) is 7.73. The minimum atomic E-state index is -4.75. The molecule has 1 fully saturated rings. The first-order valence-electron chi connectivity index (χ1n) is 17.1. The highest BCUT2D eigenvalue weighted by Gasteiger charge is 2.36. The number of benzene rings is 2. The summed E-state index contributed by atoms with van der Waals surface area (Å²) in [5.74, 6) is -1.80. The lowest BCUT2D eigenvalue weighted by Crippen LogP contribution is -2.40. The first-order chi connectivity index (χ1) is 23.2. The van der Waals surface area contributed by atoms with E-state index in [1.807, 2.05) is 19.1 Å². The number of nitrogens with one attached hydrogen (secondary N) is 1. The number of hydrogen-bond donors (Lipinski definition) is 2. The molecule has 1 aliphatic heterocycles. The van der Waals surface area contributed by atoms with Gasteiger partial charge < -0.3 is 19.9 Å². The third-order valence-electron chi connectivity index (χ3n) is 9.65. The second-order valence-electron chi connectivity index (χ2n) is 13.9. The Kier molecular flexibility index (Phi) is 11.3. The van der Waals surface area contributed by atoms with Crippen LogP contribution in [-0.4, -0.2) is 47.1 Å². The van der Waals surface area contributed by atoms with Gasteiger partial charge in [-0.05, 0) is 123 Å². The molecular weight excluding hydrogens is 638 g/mol. The van der Waals surface area contributed by atoms with Gasteiger partial charge in [0.2, 0.25) is 5.91 Å². The van der Waals surface area contributed by atoms with Crippen LogP contribution in [0, 0.1) is 12.7 Å². The van der Waals surface area contributed by atoms with E-state index >= 15 is 0 Å². The molecule has 2 heterocycles. The van der Waals surface area contributed by atoms with E-state index in [0.717, 1.165) is 70.7 Å². The Labute approximate surface area is 284 Å². The van der Waals surface area contributed by atoms with Gasteiger partial charge in [0.15, 0.2) is 0 Å². The first kappa shape index (κ1) is 36.3. The highest BCUT2D eigenvalue weighted by atomic mass is 19.4. The summed E-state index contributed by atoms with van der Waals surface area (Å²) >= 11 is 0. The summed E-state index contributed by atoms with van der Waals surface area (Å²) in [5.41, 5.74) is 2.90. The van der Waals surface area contributed by atoms with Gasteiger partial charge in [0.25, 0.3) is 5.56 Å². The molecule has 2 N–H and O–H groups in total. The number of alkyl halides is 3. The Hall–Kier alpha value is -3.99. The van der Waals surface area contributed by atoms with Gasteiger partial charge >= 0.3 is 12.1 Å². The van der Waals surface area contributed by atoms with Crippen molar-refractivity contribution in [1.82, 2.24) is 14.8 Å². The van der Waals surface area contributed by atoms with E-state index in [9.17, 15) is 37.1 Å². The van der Waals surface area contributed by atoms with Crippen LogP contribution in [0.15, 0.2) is 47.4 Å². The molecule has 264 valence electrons. The number of aryl methyl sites for hydroxylation is 2. The number of aromatic nitrogens is 1. The van der Waals surface area contributed by atoms with Crippen LogP contribution in [0.3, 0.4) is 0 Å². The molecule has 2 atom stereocenters. The van der Waals surface area contributed by atoms with E-state index in [4.69, 9.17) is 0 Å². The Balaban J connectivity index is 1.62. The Bertz CT molecular complexity index is 1750. The van der Waals surface area contributed by atoms with Crippen molar-refractivity contribution in [3.05, 3.63) is 92.1 Å². The number of carbonyl (C=O) groups is 2. The van der Waals surface area contributed by atoms with E-state index in [1.165, 1.54) is 6.07 Å². The fraction of sp³-hybridized carbons (Fsp3) is 0.500. The zero-order valence-corrected chi connectivity index (χ0v) is 28.3. The molecule has 2 aromatic carbocycles. The number of carboxylic acids is 1. The molecule has 0 spiro atoms. The van der Waals surface area contributed by atoms with Crippen LogP contribution in [-0.2, 0) is 28.6 Å². The Morgan fingerprint density at radius 1 is 0.959 bits per heavy atom. The smallest absolute Gasteiger partial charge is 0.416 e. The first-order valence-corrected chi connectivity index (χ1v) is 17.1. The van der Waals surface area contributed by atoms with Gasteiger partial charge in [-0.2, -0.15) is 13.2 Å². The van der Waals surface area contributed by atoms with Crippen LogP contribution >= 0.6 is 0 Å². The topological polar surface area (TPSA) is 91.6 Å². The maximum absolute atomic E-state index is 14.7. The van der Waals surface area contributed by atoms with Crippen molar-refractivity contribution in [1.29, 1.82) is 0 Å². The van der Waals surface area contributed by atoms with E-state index in [1.54, 1.807) is 25.1 Å². The van der Waals surface area contributed by atoms with Crippen LogP contribution < -0.4 is 10.9 Å². The van der Waals surface area contributed by atoms with Crippen LogP contribution in [0.4, 0.5) is 17.6 Å². The molecule has 0 saturated heterocycles. The SMILES string of the molecule is Cc1cc(F)cc2c1-c1cc(C3CC3)cc(c1)[C@H](CC(=O)O)NC(=O)[C@@H](n1cc(CCN(C)C)c(C(F)(F)F)cc1=O)CCCCCCC2. The summed E-state index contributed by atoms with van der Waals surface area (Å²) in [6.07, 6.45) is 2.49. The number of likely N-dealkylation sites (N-methyl/N-ethyl adjacent to an activating group) is 1. The standard InChI is InChI=1S/C38H45F4N3O4/c1-23-15-30(39)19-25-9-7-5-4-6-8-10-33(45-22-26(13-14-44(2)3)31(20-34(45)46)38(40,41)42)37(49)43-32(21-35(47)48)28-16-27(24-11-12-24)17-29(18-28)36(23)25/h15-20,22,24,32-33H,4-14,21H2,1-3H3,(H,43,49)(H,47,48)/t32-,33-/m0/s1. The maximum Gasteiger partial charge on any atom is 0.416 e. The fourth-order valence-electron chi connectivity index (χ4n) is 7.01. The average molecular weight is 684 g/mol. The molecular formula is C38H45F4N3O4. The number of nitrogens with zero attached hydrogens (tertiary/aromatic N) is 2. The molecule has 7 nitrogen and oxygen atoms in total. The molecule has 1 saturated carbocycles. The van der Waals surface area contributed by atoms with Gasteiger partial charge in [-0.1, -0.05) is 37.8 Å². The van der Waals surface area contributed by atoms with Gasteiger partial charge in [-0.15, -0.1) is 0 Å². The van der Waals surface area contributed by atoms with Crippen molar-refractivity contribution in [2.75, 3.05) is 20.6 Å².